The lowest BCUT2D eigenvalue weighted by atomic mass is 10.0. The van der Waals surface area contributed by atoms with Crippen molar-refractivity contribution in [2.75, 3.05) is 5.75 Å². The molecule has 0 saturated heterocycles. The summed E-state index contributed by atoms with van der Waals surface area (Å²) in [7, 11) is 0. The van der Waals surface area contributed by atoms with Crippen molar-refractivity contribution in [1.29, 1.82) is 0 Å². The minimum atomic E-state index is -0.345. The summed E-state index contributed by atoms with van der Waals surface area (Å²) < 4.78 is 2.84. The Balaban J connectivity index is 1.80. The van der Waals surface area contributed by atoms with Crippen LogP contribution in [0, 0.1) is 12.8 Å². The summed E-state index contributed by atoms with van der Waals surface area (Å²) in [6.45, 7) is 10.3. The molecule has 0 saturated carbocycles. The second-order valence-electron chi connectivity index (χ2n) is 8.02. The number of rotatable bonds is 10. The zero-order valence-corrected chi connectivity index (χ0v) is 21.3. The van der Waals surface area contributed by atoms with E-state index in [1.807, 2.05) is 55.7 Å². The largest absolute Gasteiger partial charge is 0.342 e. The van der Waals surface area contributed by atoms with Crippen LogP contribution in [0.25, 0.3) is 0 Å². The fourth-order valence-electron chi connectivity index (χ4n) is 3.33. The Morgan fingerprint density at radius 2 is 1.88 bits per heavy atom. The highest BCUT2D eigenvalue weighted by Gasteiger charge is 2.26. The van der Waals surface area contributed by atoms with Gasteiger partial charge in [0.05, 0.1) is 11.8 Å². The van der Waals surface area contributed by atoms with Gasteiger partial charge in [-0.15, -0.1) is 16.8 Å². The highest BCUT2D eigenvalue weighted by Crippen LogP contribution is 2.26. The summed E-state index contributed by atoms with van der Waals surface area (Å²) in [6, 6.07) is 14.4. The van der Waals surface area contributed by atoms with E-state index in [4.69, 9.17) is 0 Å². The molecule has 0 aliphatic carbocycles. The molecule has 33 heavy (non-hydrogen) atoms. The Bertz CT molecular complexity index is 1140. The first kappa shape index (κ1) is 24.9. The molecule has 0 radical (unpaired) electrons. The molecular weight excluding hydrogens is 500 g/mol. The molecule has 1 heterocycles. The van der Waals surface area contributed by atoms with Crippen molar-refractivity contribution in [2.45, 2.75) is 38.5 Å². The molecule has 1 amide bonds. The van der Waals surface area contributed by atoms with Crippen LogP contribution in [-0.4, -0.2) is 32.2 Å². The van der Waals surface area contributed by atoms with Gasteiger partial charge in [-0.05, 0) is 37.1 Å². The maximum atomic E-state index is 12.9. The quantitative estimate of drug-likeness (QED) is 0.210. The van der Waals surface area contributed by atoms with Crippen molar-refractivity contribution in [3.05, 3.63) is 88.2 Å². The predicted octanol–water partition coefficient (Wildman–Crippen LogP) is 5.64. The number of hydrogen-bond acceptors (Lipinski definition) is 5. The Morgan fingerprint density at radius 1 is 1.15 bits per heavy atom. The van der Waals surface area contributed by atoms with Crippen LogP contribution in [0.2, 0.25) is 0 Å². The summed E-state index contributed by atoms with van der Waals surface area (Å²) in [5.74, 6) is 0.803. The summed E-state index contributed by atoms with van der Waals surface area (Å²) in [5.41, 5.74) is 2.27. The highest BCUT2D eigenvalue weighted by atomic mass is 79.9. The molecule has 0 aliphatic rings. The van der Waals surface area contributed by atoms with E-state index in [1.165, 1.54) is 11.8 Å². The molecule has 6 nitrogen and oxygen atoms in total. The summed E-state index contributed by atoms with van der Waals surface area (Å²) in [5, 5.41) is 12.4. The number of halogens is 1. The van der Waals surface area contributed by atoms with Gasteiger partial charge in [-0.1, -0.05) is 77.4 Å². The highest BCUT2D eigenvalue weighted by molar-refractivity contribution is 9.10. The van der Waals surface area contributed by atoms with Crippen molar-refractivity contribution in [3.63, 3.8) is 0 Å². The summed E-state index contributed by atoms with van der Waals surface area (Å²) in [6.07, 6.45) is 1.76. The maximum absolute atomic E-state index is 12.9. The van der Waals surface area contributed by atoms with E-state index >= 15 is 0 Å². The van der Waals surface area contributed by atoms with Gasteiger partial charge in [0.2, 0.25) is 0 Å². The molecule has 0 unspecified atom stereocenters. The standard InChI is InChI=1S/C25H27BrN4O2S/c1-5-13-30-23(22(16(2)3)27-24(32)19-8-6-7-17(4)14-19)28-29-25(30)33-15-21(31)18-9-11-20(26)12-10-18/h5-12,14,16,22H,1,13,15H2,2-4H3,(H,27,32)/t22-/m0/s1. The number of carbonyl (C=O) groups is 2. The minimum absolute atomic E-state index is 0.00960. The first-order chi connectivity index (χ1) is 15.8. The minimum Gasteiger partial charge on any atom is -0.342 e. The molecule has 0 aliphatic heterocycles. The number of aryl methyl sites for hydroxylation is 1. The van der Waals surface area contributed by atoms with Crippen LogP contribution in [0.15, 0.2) is 70.8 Å². The number of thioether (sulfide) groups is 1. The van der Waals surface area contributed by atoms with Gasteiger partial charge < -0.3 is 9.88 Å². The third kappa shape index (κ3) is 6.42. The molecule has 172 valence electrons. The van der Waals surface area contributed by atoms with E-state index in [0.29, 0.717) is 28.7 Å². The predicted molar refractivity (Wildman–Crippen MR) is 136 cm³/mol. The van der Waals surface area contributed by atoms with Gasteiger partial charge in [0.25, 0.3) is 5.91 Å². The molecule has 1 N–H and O–H groups in total. The number of benzene rings is 2. The van der Waals surface area contributed by atoms with Gasteiger partial charge in [0.1, 0.15) is 0 Å². The molecule has 0 fully saturated rings. The summed E-state index contributed by atoms with van der Waals surface area (Å²) in [4.78, 5) is 25.5. The fourth-order valence-corrected chi connectivity index (χ4v) is 4.44. The Labute approximate surface area is 207 Å². The van der Waals surface area contributed by atoms with Crippen LogP contribution in [0.4, 0.5) is 0 Å². The van der Waals surface area contributed by atoms with Crippen molar-refractivity contribution in [1.82, 2.24) is 20.1 Å². The Morgan fingerprint density at radius 3 is 2.52 bits per heavy atom. The Hall–Kier alpha value is -2.71. The average Bonchev–Trinajstić information content (AvgIpc) is 3.18. The number of ketones is 1. The van der Waals surface area contributed by atoms with Crippen molar-refractivity contribution >= 4 is 39.4 Å². The average molecular weight is 527 g/mol. The van der Waals surface area contributed by atoms with Crippen LogP contribution in [-0.2, 0) is 6.54 Å². The van der Waals surface area contributed by atoms with E-state index in [-0.39, 0.29) is 29.4 Å². The second kappa shape index (κ2) is 11.4. The number of nitrogens with one attached hydrogen (secondary N) is 1. The van der Waals surface area contributed by atoms with E-state index in [9.17, 15) is 9.59 Å². The molecule has 2 aromatic carbocycles. The van der Waals surface area contributed by atoms with Crippen molar-refractivity contribution < 1.29 is 9.59 Å². The third-order valence-electron chi connectivity index (χ3n) is 5.07. The lowest BCUT2D eigenvalue weighted by Crippen LogP contribution is -2.34. The molecular formula is C25H27BrN4O2S. The molecule has 1 atom stereocenters. The first-order valence-corrected chi connectivity index (χ1v) is 12.4. The SMILES string of the molecule is C=CCn1c(SCC(=O)c2ccc(Br)cc2)nnc1[C@@H](NC(=O)c1cccc(C)c1)C(C)C. The lowest BCUT2D eigenvalue weighted by molar-refractivity contribution is 0.0921. The lowest BCUT2D eigenvalue weighted by Gasteiger charge is -2.22. The van der Waals surface area contributed by atoms with Crippen LogP contribution in [0.5, 0.6) is 0 Å². The van der Waals surface area contributed by atoms with Gasteiger partial charge in [0, 0.05) is 22.1 Å². The van der Waals surface area contributed by atoms with Gasteiger partial charge in [0.15, 0.2) is 16.8 Å². The zero-order valence-electron chi connectivity index (χ0n) is 18.9. The topological polar surface area (TPSA) is 76.9 Å². The van der Waals surface area contributed by atoms with E-state index in [1.54, 1.807) is 24.3 Å². The molecule has 0 bridgehead atoms. The van der Waals surface area contributed by atoms with Crippen LogP contribution < -0.4 is 5.32 Å². The summed E-state index contributed by atoms with van der Waals surface area (Å²) >= 11 is 4.71. The number of hydrogen-bond donors (Lipinski definition) is 1. The van der Waals surface area contributed by atoms with E-state index in [2.05, 4.69) is 38.0 Å². The van der Waals surface area contributed by atoms with Gasteiger partial charge in [-0.25, -0.2) is 0 Å². The normalized spacial score (nSPS) is 11.9. The number of Topliss-reactive ketones (excluding diaryl/α,β-unsaturated/α-hetero) is 1. The second-order valence-corrected chi connectivity index (χ2v) is 9.88. The van der Waals surface area contributed by atoms with Gasteiger partial charge in [-0.2, -0.15) is 0 Å². The van der Waals surface area contributed by atoms with E-state index < -0.39 is 0 Å². The van der Waals surface area contributed by atoms with Crippen LogP contribution in [0.3, 0.4) is 0 Å². The number of amides is 1. The third-order valence-corrected chi connectivity index (χ3v) is 6.56. The van der Waals surface area contributed by atoms with Gasteiger partial charge in [-0.3, -0.25) is 9.59 Å². The van der Waals surface area contributed by atoms with E-state index in [0.717, 1.165) is 10.0 Å². The Kier molecular flexibility index (Phi) is 8.63. The van der Waals surface area contributed by atoms with Crippen LogP contribution in [0.1, 0.15) is 52.0 Å². The number of nitrogens with zero attached hydrogens (tertiary/aromatic N) is 3. The number of carbonyl (C=O) groups excluding carboxylic acids is 2. The maximum Gasteiger partial charge on any atom is 0.251 e. The number of aromatic nitrogens is 3. The van der Waals surface area contributed by atoms with Gasteiger partial charge >= 0.3 is 0 Å². The number of allylic oxidation sites excluding steroid dienone is 1. The zero-order chi connectivity index (χ0) is 24.0. The fraction of sp³-hybridized carbons (Fsp3) is 0.280. The monoisotopic (exact) mass is 526 g/mol. The molecule has 3 rings (SSSR count). The van der Waals surface area contributed by atoms with Crippen molar-refractivity contribution in [3.8, 4) is 0 Å². The van der Waals surface area contributed by atoms with Crippen LogP contribution >= 0.6 is 27.7 Å². The molecule has 8 heteroatoms. The molecule has 1 aromatic heterocycles. The molecule has 3 aromatic rings. The van der Waals surface area contributed by atoms with Crippen molar-refractivity contribution in [2.24, 2.45) is 5.92 Å². The smallest absolute Gasteiger partial charge is 0.251 e. The first-order valence-electron chi connectivity index (χ1n) is 10.6. The molecule has 0 spiro atoms.